The molecule has 2 aromatic carbocycles. The van der Waals surface area contributed by atoms with Gasteiger partial charge in [-0.3, -0.25) is 0 Å². The predicted molar refractivity (Wildman–Crippen MR) is 95.2 cm³/mol. The molecule has 8 nitrogen and oxygen atoms in total. The van der Waals surface area contributed by atoms with Gasteiger partial charge in [-0.2, -0.15) is 0 Å². The summed E-state index contributed by atoms with van der Waals surface area (Å²) >= 11 is 0. The van der Waals surface area contributed by atoms with Crippen molar-refractivity contribution < 1.29 is 39.6 Å². The highest BCUT2D eigenvalue weighted by Gasteiger charge is 2.07. The van der Waals surface area contributed by atoms with Crippen molar-refractivity contribution in [3.8, 4) is 0 Å². The highest BCUT2D eigenvalue weighted by molar-refractivity contribution is 5.94. The van der Waals surface area contributed by atoms with Crippen molar-refractivity contribution in [3.63, 3.8) is 0 Å². The van der Waals surface area contributed by atoms with E-state index in [0.29, 0.717) is 0 Å². The van der Waals surface area contributed by atoms with E-state index in [1.165, 1.54) is 36.4 Å². The van der Waals surface area contributed by atoms with Crippen LogP contribution in [0.5, 0.6) is 0 Å². The molecule has 0 heterocycles. The standard InChI is InChI=1S/2C8H6O4.2ClH/c2*9-7(10)5-2-1-3-6(4-5)8(11)12;;/h2*1-4H,(H,9,10)(H,11,12);2*1H. The van der Waals surface area contributed by atoms with Crippen LogP contribution in [0.2, 0.25) is 0 Å². The molecule has 0 amide bonds. The van der Waals surface area contributed by atoms with Gasteiger partial charge in [-0.15, -0.1) is 24.8 Å². The highest BCUT2D eigenvalue weighted by Crippen LogP contribution is 2.05. The highest BCUT2D eigenvalue weighted by atomic mass is 35.5. The van der Waals surface area contributed by atoms with Crippen LogP contribution in [0.25, 0.3) is 0 Å². The number of hydrogen-bond donors (Lipinski definition) is 4. The number of benzene rings is 2. The molecule has 26 heavy (non-hydrogen) atoms. The van der Waals surface area contributed by atoms with Gasteiger partial charge in [-0.05, 0) is 36.4 Å². The van der Waals surface area contributed by atoms with Crippen molar-refractivity contribution in [1.82, 2.24) is 0 Å². The summed E-state index contributed by atoms with van der Waals surface area (Å²) in [7, 11) is 0. The molecule has 2 rings (SSSR count). The summed E-state index contributed by atoms with van der Waals surface area (Å²) in [5.41, 5.74) is -0.0744. The molecule has 0 radical (unpaired) electrons. The van der Waals surface area contributed by atoms with E-state index in [0.717, 1.165) is 12.1 Å². The molecular weight excluding hydrogens is 391 g/mol. The SMILES string of the molecule is Cl.Cl.O=C(O)c1cccc(C(=O)O)c1.O=C(O)c1cccc(C(=O)O)c1. The largest absolute Gasteiger partial charge is 0.478 e. The van der Waals surface area contributed by atoms with Crippen LogP contribution in [0, 0.1) is 0 Å². The van der Waals surface area contributed by atoms with E-state index >= 15 is 0 Å². The first-order valence-corrected chi connectivity index (χ1v) is 6.35. The van der Waals surface area contributed by atoms with Gasteiger partial charge in [0.15, 0.2) is 0 Å². The van der Waals surface area contributed by atoms with Gasteiger partial charge in [0.05, 0.1) is 22.3 Å². The Morgan fingerprint density at radius 3 is 0.846 bits per heavy atom. The number of hydrogen-bond acceptors (Lipinski definition) is 4. The van der Waals surface area contributed by atoms with Crippen molar-refractivity contribution in [1.29, 1.82) is 0 Å². The molecule has 2 aromatic rings. The molecule has 0 aromatic heterocycles. The Bertz CT molecular complexity index is 678. The van der Waals surface area contributed by atoms with E-state index < -0.39 is 23.9 Å². The molecule has 4 N–H and O–H groups in total. The first-order chi connectivity index (χ1) is 11.2. The van der Waals surface area contributed by atoms with Gasteiger partial charge in [-0.1, -0.05) is 12.1 Å². The van der Waals surface area contributed by atoms with Crippen LogP contribution in [0.15, 0.2) is 48.5 Å². The van der Waals surface area contributed by atoms with E-state index in [4.69, 9.17) is 20.4 Å². The molecule has 140 valence electrons. The van der Waals surface area contributed by atoms with Crippen molar-refractivity contribution in [2.45, 2.75) is 0 Å². The average molecular weight is 405 g/mol. The van der Waals surface area contributed by atoms with E-state index in [2.05, 4.69) is 0 Å². The molecule has 0 bridgehead atoms. The molecule has 0 aliphatic rings. The van der Waals surface area contributed by atoms with Gasteiger partial charge in [0.2, 0.25) is 0 Å². The Morgan fingerprint density at radius 2 is 0.692 bits per heavy atom. The van der Waals surface area contributed by atoms with Gasteiger partial charge in [0, 0.05) is 0 Å². The lowest BCUT2D eigenvalue weighted by Gasteiger charge is -1.95. The maximum absolute atomic E-state index is 10.4. The second-order valence-corrected chi connectivity index (χ2v) is 4.38. The van der Waals surface area contributed by atoms with Gasteiger partial charge in [-0.25, -0.2) is 19.2 Å². The van der Waals surface area contributed by atoms with Crippen LogP contribution in [0.1, 0.15) is 41.4 Å². The first kappa shape index (κ1) is 25.1. The van der Waals surface area contributed by atoms with Crippen LogP contribution in [-0.2, 0) is 0 Å². The maximum Gasteiger partial charge on any atom is 0.335 e. The van der Waals surface area contributed by atoms with Crippen molar-refractivity contribution >= 4 is 48.7 Å². The monoisotopic (exact) mass is 404 g/mol. The molecular formula is C16H14Cl2O8. The topological polar surface area (TPSA) is 149 Å². The Labute approximate surface area is 159 Å². The van der Waals surface area contributed by atoms with E-state index in [1.807, 2.05) is 0 Å². The van der Waals surface area contributed by atoms with Gasteiger partial charge < -0.3 is 20.4 Å². The maximum atomic E-state index is 10.4. The van der Waals surface area contributed by atoms with Crippen LogP contribution in [0.3, 0.4) is 0 Å². The molecule has 0 fully saturated rings. The zero-order valence-electron chi connectivity index (χ0n) is 12.9. The summed E-state index contributed by atoms with van der Waals surface area (Å²) in [6.45, 7) is 0. The lowest BCUT2D eigenvalue weighted by atomic mass is 10.1. The first-order valence-electron chi connectivity index (χ1n) is 6.35. The Balaban J connectivity index is 0. The van der Waals surface area contributed by atoms with E-state index in [9.17, 15) is 19.2 Å². The molecule has 0 saturated carbocycles. The fourth-order valence-electron chi connectivity index (χ4n) is 1.57. The molecule has 0 unspecified atom stereocenters. The summed E-state index contributed by atoms with van der Waals surface area (Å²) in [5.74, 6) is -4.51. The summed E-state index contributed by atoms with van der Waals surface area (Å²) in [6.07, 6.45) is 0. The molecule has 0 aliphatic carbocycles. The van der Waals surface area contributed by atoms with E-state index in [-0.39, 0.29) is 47.1 Å². The van der Waals surface area contributed by atoms with E-state index in [1.54, 1.807) is 0 Å². The minimum absolute atomic E-state index is 0. The fraction of sp³-hybridized carbons (Fsp3) is 0. The third-order valence-electron chi connectivity index (χ3n) is 2.71. The number of carboxylic acid groups (broad SMARTS) is 4. The number of carboxylic acids is 4. The van der Waals surface area contributed by atoms with Crippen molar-refractivity contribution in [3.05, 3.63) is 70.8 Å². The van der Waals surface area contributed by atoms with Crippen LogP contribution in [-0.4, -0.2) is 44.3 Å². The van der Waals surface area contributed by atoms with Gasteiger partial charge in [0.25, 0.3) is 0 Å². The number of aromatic carboxylic acids is 4. The third kappa shape index (κ3) is 7.65. The zero-order valence-corrected chi connectivity index (χ0v) is 14.5. The second-order valence-electron chi connectivity index (χ2n) is 4.38. The molecule has 0 atom stereocenters. The molecule has 0 spiro atoms. The van der Waals surface area contributed by atoms with Crippen LogP contribution in [0.4, 0.5) is 0 Å². The molecule has 0 aliphatic heterocycles. The van der Waals surface area contributed by atoms with Crippen LogP contribution < -0.4 is 0 Å². The molecule has 10 heteroatoms. The van der Waals surface area contributed by atoms with Crippen LogP contribution >= 0.6 is 24.8 Å². The van der Waals surface area contributed by atoms with Gasteiger partial charge in [0.1, 0.15) is 0 Å². The fourth-order valence-corrected chi connectivity index (χ4v) is 1.57. The lowest BCUT2D eigenvalue weighted by Crippen LogP contribution is -2.01. The van der Waals surface area contributed by atoms with Crippen molar-refractivity contribution in [2.75, 3.05) is 0 Å². The summed E-state index contributed by atoms with van der Waals surface area (Å²) in [6, 6.07) is 10.4. The third-order valence-corrected chi connectivity index (χ3v) is 2.71. The second kappa shape index (κ2) is 11.5. The summed E-state index contributed by atoms with van der Waals surface area (Å²) in [5, 5.41) is 34.0. The lowest BCUT2D eigenvalue weighted by molar-refractivity contribution is 0.0676. The summed E-state index contributed by atoms with van der Waals surface area (Å²) < 4.78 is 0. The number of carbonyl (C=O) groups is 4. The normalized spacial score (nSPS) is 8.62. The Kier molecular flexibility index (Phi) is 11.1. The predicted octanol–water partition coefficient (Wildman–Crippen LogP) is 3.01. The Hall–Kier alpha value is -3.10. The molecule has 0 saturated heterocycles. The van der Waals surface area contributed by atoms with Gasteiger partial charge >= 0.3 is 23.9 Å². The zero-order chi connectivity index (χ0) is 18.3. The number of rotatable bonds is 4. The quantitative estimate of drug-likeness (QED) is 0.607. The minimum Gasteiger partial charge on any atom is -0.478 e. The van der Waals surface area contributed by atoms with Crippen molar-refractivity contribution in [2.24, 2.45) is 0 Å². The summed E-state index contributed by atoms with van der Waals surface area (Å²) in [4.78, 5) is 41.5. The number of halogens is 2. The average Bonchev–Trinajstić information content (AvgIpc) is 2.55. The smallest absolute Gasteiger partial charge is 0.335 e. The Morgan fingerprint density at radius 1 is 0.500 bits per heavy atom. The minimum atomic E-state index is -1.13.